The SMILES string of the molecule is COC(=O)c1ccc2c(c1)nc1n2C[C@@H]2[C@H]1[C@H](c1cccc(Cl)c1F)[C@]1(C(=O)Nc3cc(Cl)ccc31)N2CC1CC1. The van der Waals surface area contributed by atoms with Gasteiger partial charge >= 0.3 is 5.97 Å². The van der Waals surface area contributed by atoms with Crippen LogP contribution in [0.1, 0.15) is 52.0 Å². The summed E-state index contributed by atoms with van der Waals surface area (Å²) in [7, 11) is 1.35. The lowest BCUT2D eigenvalue weighted by molar-refractivity contribution is -0.128. The van der Waals surface area contributed by atoms with Gasteiger partial charge in [0, 0.05) is 47.2 Å². The van der Waals surface area contributed by atoms with Gasteiger partial charge in [0.2, 0.25) is 5.91 Å². The molecule has 4 aromatic rings. The number of amides is 1. The van der Waals surface area contributed by atoms with Crippen LogP contribution in [0.4, 0.5) is 10.1 Å². The smallest absolute Gasteiger partial charge is 0.337 e. The number of imidazole rings is 1. The Morgan fingerprint density at radius 2 is 2.00 bits per heavy atom. The van der Waals surface area contributed by atoms with Crippen molar-refractivity contribution in [3.05, 3.63) is 93.0 Å². The molecule has 208 valence electrons. The number of nitrogens with one attached hydrogen (secondary N) is 1. The Balaban J connectivity index is 1.40. The standard InChI is InChI=1S/C31H25Cl2FN4O3/c1-41-29(39)16-7-10-23-22(11-16)35-28-25-24(14-37(23)28)38(13-15-5-6-15)31(26(25)18-3-2-4-20(33)27(18)34)19-9-8-17(32)12-21(19)36-30(31)40/h2-4,7-12,15,24-26H,5-6,13-14H2,1H3,(H,36,40)/t24-,25+,26+,31-/m1/s1. The van der Waals surface area contributed by atoms with Crippen molar-refractivity contribution in [1.82, 2.24) is 14.5 Å². The van der Waals surface area contributed by atoms with Crippen molar-refractivity contribution in [1.29, 1.82) is 0 Å². The van der Waals surface area contributed by atoms with Crippen molar-refractivity contribution in [3.8, 4) is 0 Å². The average Bonchev–Trinajstić information content (AvgIpc) is 3.41. The molecule has 2 fully saturated rings. The Labute approximate surface area is 245 Å². The van der Waals surface area contributed by atoms with Gasteiger partial charge in [0.05, 0.1) is 28.7 Å². The number of hydrogen-bond acceptors (Lipinski definition) is 5. The summed E-state index contributed by atoms with van der Waals surface area (Å²) in [5.41, 5.74) is 2.60. The van der Waals surface area contributed by atoms with Crippen molar-refractivity contribution in [2.45, 2.75) is 42.8 Å². The van der Waals surface area contributed by atoms with Gasteiger partial charge in [-0.15, -0.1) is 0 Å². The highest BCUT2D eigenvalue weighted by Crippen LogP contribution is 2.65. The Morgan fingerprint density at radius 3 is 2.78 bits per heavy atom. The predicted molar refractivity (Wildman–Crippen MR) is 153 cm³/mol. The van der Waals surface area contributed by atoms with E-state index in [2.05, 4.69) is 14.8 Å². The highest BCUT2D eigenvalue weighted by Gasteiger charge is 2.69. The molecule has 0 bridgehead atoms. The van der Waals surface area contributed by atoms with Crippen molar-refractivity contribution in [3.63, 3.8) is 0 Å². The van der Waals surface area contributed by atoms with E-state index in [-0.39, 0.29) is 22.9 Å². The second kappa shape index (κ2) is 8.77. The fourth-order valence-electron chi connectivity index (χ4n) is 7.60. The van der Waals surface area contributed by atoms with Gasteiger partial charge in [-0.05, 0) is 60.7 Å². The lowest BCUT2D eigenvalue weighted by atomic mass is 9.71. The van der Waals surface area contributed by atoms with Crippen LogP contribution in [0, 0.1) is 11.7 Å². The first-order chi connectivity index (χ1) is 19.8. The van der Waals surface area contributed by atoms with Gasteiger partial charge in [0.1, 0.15) is 17.2 Å². The van der Waals surface area contributed by atoms with E-state index in [1.165, 1.54) is 13.2 Å². The molecule has 0 radical (unpaired) electrons. The van der Waals surface area contributed by atoms with Gasteiger partial charge in [0.25, 0.3) is 0 Å². The van der Waals surface area contributed by atoms with Crippen LogP contribution in [0.2, 0.25) is 10.0 Å². The van der Waals surface area contributed by atoms with E-state index in [1.807, 2.05) is 12.1 Å². The summed E-state index contributed by atoms with van der Waals surface area (Å²) in [6, 6.07) is 15.7. The molecule has 10 heteroatoms. The summed E-state index contributed by atoms with van der Waals surface area (Å²) in [4.78, 5) is 34.0. The fraction of sp³-hybridized carbons (Fsp3) is 0.323. The van der Waals surface area contributed by atoms with Crippen LogP contribution in [0.3, 0.4) is 0 Å². The molecule has 1 aliphatic carbocycles. The zero-order chi connectivity index (χ0) is 28.2. The third-order valence-electron chi connectivity index (χ3n) is 9.40. The Bertz CT molecular complexity index is 1800. The molecule has 7 nitrogen and oxygen atoms in total. The number of ether oxygens (including phenoxy) is 1. The van der Waals surface area contributed by atoms with Gasteiger partial charge in [-0.25, -0.2) is 14.2 Å². The summed E-state index contributed by atoms with van der Waals surface area (Å²) in [5.74, 6) is -0.858. The van der Waals surface area contributed by atoms with Gasteiger partial charge in [-0.1, -0.05) is 41.4 Å². The van der Waals surface area contributed by atoms with E-state index in [0.29, 0.717) is 46.4 Å². The summed E-state index contributed by atoms with van der Waals surface area (Å²) in [6.07, 6.45) is 2.19. The molecular formula is C31H25Cl2FN4O3. The molecule has 1 aromatic heterocycles. The van der Waals surface area contributed by atoms with Crippen molar-refractivity contribution >= 4 is 51.8 Å². The van der Waals surface area contributed by atoms with Crippen LogP contribution in [0.15, 0.2) is 54.6 Å². The molecular weight excluding hydrogens is 566 g/mol. The van der Waals surface area contributed by atoms with E-state index < -0.39 is 23.2 Å². The largest absolute Gasteiger partial charge is 0.465 e. The van der Waals surface area contributed by atoms with Gasteiger partial charge in [-0.3, -0.25) is 9.69 Å². The zero-order valence-electron chi connectivity index (χ0n) is 22.0. The highest BCUT2D eigenvalue weighted by atomic mass is 35.5. The number of likely N-dealkylation sites (tertiary alicyclic amines) is 1. The monoisotopic (exact) mass is 590 g/mol. The molecule has 0 unspecified atom stereocenters. The number of esters is 1. The fourth-order valence-corrected chi connectivity index (χ4v) is 7.95. The minimum atomic E-state index is -1.18. The molecule has 1 saturated carbocycles. The number of rotatable bonds is 4. The summed E-state index contributed by atoms with van der Waals surface area (Å²) in [5, 5.41) is 3.62. The molecule has 41 heavy (non-hydrogen) atoms. The highest BCUT2D eigenvalue weighted by molar-refractivity contribution is 6.31. The minimum Gasteiger partial charge on any atom is -0.465 e. The number of anilines is 1. The van der Waals surface area contributed by atoms with Crippen molar-refractivity contribution in [2.75, 3.05) is 19.0 Å². The van der Waals surface area contributed by atoms with Crippen molar-refractivity contribution < 1.29 is 18.7 Å². The van der Waals surface area contributed by atoms with E-state index in [1.54, 1.807) is 36.4 Å². The average molecular weight is 591 g/mol. The molecule has 1 N–H and O–H groups in total. The Hall–Kier alpha value is -3.46. The van der Waals surface area contributed by atoms with Crippen LogP contribution < -0.4 is 5.32 Å². The van der Waals surface area contributed by atoms with Crippen LogP contribution in [-0.4, -0.2) is 46.0 Å². The second-order valence-corrected chi connectivity index (χ2v) is 12.3. The van der Waals surface area contributed by atoms with Crippen LogP contribution >= 0.6 is 23.2 Å². The van der Waals surface area contributed by atoms with E-state index in [4.69, 9.17) is 32.9 Å². The quantitative estimate of drug-likeness (QED) is 0.291. The minimum absolute atomic E-state index is 0.0128. The summed E-state index contributed by atoms with van der Waals surface area (Å²) in [6.45, 7) is 1.29. The number of carbonyl (C=O) groups is 2. The number of aromatic nitrogens is 2. The maximum Gasteiger partial charge on any atom is 0.337 e. The molecule has 3 aromatic carbocycles. The third kappa shape index (κ3) is 3.38. The van der Waals surface area contributed by atoms with Crippen LogP contribution in [-0.2, 0) is 21.6 Å². The lowest BCUT2D eigenvalue weighted by Crippen LogP contribution is -2.53. The van der Waals surface area contributed by atoms with Crippen LogP contribution in [0.25, 0.3) is 11.0 Å². The van der Waals surface area contributed by atoms with Crippen LogP contribution in [0.5, 0.6) is 0 Å². The second-order valence-electron chi connectivity index (χ2n) is 11.5. The predicted octanol–water partition coefficient (Wildman–Crippen LogP) is 6.09. The maximum absolute atomic E-state index is 16.1. The molecule has 4 aliphatic rings. The van der Waals surface area contributed by atoms with Gasteiger partial charge in [-0.2, -0.15) is 0 Å². The first-order valence-electron chi connectivity index (χ1n) is 13.7. The molecule has 4 atom stereocenters. The third-order valence-corrected chi connectivity index (χ3v) is 9.93. The number of hydrogen-bond donors (Lipinski definition) is 1. The number of methoxy groups -OCH3 is 1. The maximum atomic E-state index is 16.1. The number of nitrogens with zero attached hydrogens (tertiary/aromatic N) is 3. The van der Waals surface area contributed by atoms with Gasteiger partial charge < -0.3 is 14.6 Å². The van der Waals surface area contributed by atoms with E-state index >= 15 is 4.39 Å². The number of fused-ring (bicyclic) bond motifs is 7. The molecule has 1 amide bonds. The first kappa shape index (κ1) is 25.3. The summed E-state index contributed by atoms with van der Waals surface area (Å²) < 4.78 is 23.2. The molecule has 3 aliphatic heterocycles. The van der Waals surface area contributed by atoms with Gasteiger partial charge in [0.15, 0.2) is 0 Å². The topological polar surface area (TPSA) is 76.5 Å². The normalized spacial score (nSPS) is 26.3. The first-order valence-corrected chi connectivity index (χ1v) is 14.5. The molecule has 4 heterocycles. The summed E-state index contributed by atoms with van der Waals surface area (Å²) >= 11 is 12.7. The number of halogens is 3. The lowest BCUT2D eigenvalue weighted by Gasteiger charge is -2.40. The number of carbonyl (C=O) groups excluding carboxylic acids is 2. The molecule has 8 rings (SSSR count). The number of benzene rings is 3. The Kier molecular flexibility index (Phi) is 5.40. The zero-order valence-corrected chi connectivity index (χ0v) is 23.5. The molecule has 1 spiro atoms. The van der Waals surface area contributed by atoms with E-state index in [9.17, 15) is 9.59 Å². The Morgan fingerprint density at radius 1 is 1.17 bits per heavy atom. The molecule has 1 saturated heterocycles. The van der Waals surface area contributed by atoms with E-state index in [0.717, 1.165) is 29.7 Å². The van der Waals surface area contributed by atoms with Crippen molar-refractivity contribution in [2.24, 2.45) is 5.92 Å².